The van der Waals surface area contributed by atoms with Crippen molar-refractivity contribution in [3.05, 3.63) is 108 Å². The van der Waals surface area contributed by atoms with Crippen LogP contribution in [0.15, 0.2) is 85.1 Å². The number of para-hydroxylation sites is 1. The first-order chi connectivity index (χ1) is 12.8. The van der Waals surface area contributed by atoms with Crippen LogP contribution in [0.4, 0.5) is 0 Å². The van der Waals surface area contributed by atoms with Gasteiger partial charge < -0.3 is 0 Å². The van der Waals surface area contributed by atoms with Gasteiger partial charge >= 0.3 is 0 Å². The van der Waals surface area contributed by atoms with Crippen molar-refractivity contribution in [2.75, 3.05) is 0 Å². The van der Waals surface area contributed by atoms with Gasteiger partial charge in [0.05, 0.1) is 11.3 Å². The predicted molar refractivity (Wildman–Crippen MR) is 103 cm³/mol. The highest BCUT2D eigenvalue weighted by Gasteiger charge is 2.38. The van der Waals surface area contributed by atoms with Gasteiger partial charge in [-0.05, 0) is 36.8 Å². The molecule has 0 radical (unpaired) electrons. The van der Waals surface area contributed by atoms with Crippen molar-refractivity contribution in [2.24, 2.45) is 0 Å². The Morgan fingerprint density at radius 1 is 0.846 bits per heavy atom. The number of pyridine rings is 1. The third-order valence-corrected chi connectivity index (χ3v) is 4.77. The van der Waals surface area contributed by atoms with Gasteiger partial charge in [-0.1, -0.05) is 48.5 Å². The summed E-state index contributed by atoms with van der Waals surface area (Å²) in [5.74, 6) is 0. The molecule has 3 heteroatoms. The van der Waals surface area contributed by atoms with E-state index in [1.165, 1.54) is 16.8 Å². The van der Waals surface area contributed by atoms with Crippen molar-refractivity contribution in [2.45, 2.75) is 6.92 Å². The Balaban J connectivity index is 1.82. The molecule has 0 bridgehead atoms. The normalized spacial score (nSPS) is 13.7. The van der Waals surface area contributed by atoms with Gasteiger partial charge in [-0.15, -0.1) is 0 Å². The van der Waals surface area contributed by atoms with E-state index in [2.05, 4.69) is 95.2 Å². The lowest BCUT2D eigenvalue weighted by Gasteiger charge is -2.05. The molecule has 0 aliphatic carbocycles. The molecular formula is C23H18N3+. The summed E-state index contributed by atoms with van der Waals surface area (Å²) in [7, 11) is 0. The number of fused-ring (bicyclic) bond motifs is 3. The van der Waals surface area contributed by atoms with Crippen LogP contribution in [0.1, 0.15) is 22.6 Å². The lowest BCUT2D eigenvalue weighted by atomic mass is 10.1. The molecule has 0 unspecified atom stereocenters. The van der Waals surface area contributed by atoms with Crippen LogP contribution in [0.5, 0.6) is 0 Å². The highest BCUT2D eigenvalue weighted by molar-refractivity contribution is 5.93. The molecule has 2 aromatic carbocycles. The molecule has 0 N–H and O–H groups in total. The Kier molecular flexibility index (Phi) is 3.32. The summed E-state index contributed by atoms with van der Waals surface area (Å²) in [5.41, 5.74) is 7.97. The van der Waals surface area contributed by atoms with Gasteiger partial charge in [0, 0.05) is 12.1 Å². The first-order valence-corrected chi connectivity index (χ1v) is 8.76. The Hall–Kier alpha value is -3.46. The minimum absolute atomic E-state index is 1.03. The summed E-state index contributed by atoms with van der Waals surface area (Å²) in [6, 6.07) is 27.1. The fourth-order valence-corrected chi connectivity index (χ4v) is 3.64. The second-order valence-corrected chi connectivity index (χ2v) is 6.45. The van der Waals surface area contributed by atoms with E-state index < -0.39 is 0 Å². The van der Waals surface area contributed by atoms with Crippen molar-refractivity contribution >= 4 is 11.6 Å². The largest absolute Gasteiger partial charge is 0.261 e. The molecule has 1 aliphatic rings. The predicted octanol–water partition coefficient (Wildman–Crippen LogP) is 4.36. The standard InChI is InChI=1S/C23H18N3/c1-17-22-23(26(24-17)19-12-6-3-7-13-19)20(16-18-10-4-2-5-11-18)21-14-8-9-15-25(21)22/h2-16H,1H3/q+1/b20-16+. The molecule has 3 heterocycles. The summed E-state index contributed by atoms with van der Waals surface area (Å²) in [4.78, 5) is 0. The second-order valence-electron chi connectivity index (χ2n) is 6.45. The minimum Gasteiger partial charge on any atom is -0.226 e. The third kappa shape index (κ3) is 2.21. The molecule has 124 valence electrons. The number of rotatable bonds is 2. The van der Waals surface area contributed by atoms with Crippen molar-refractivity contribution in [3.63, 3.8) is 0 Å². The summed E-state index contributed by atoms with van der Waals surface area (Å²) in [6.07, 6.45) is 4.36. The Morgan fingerprint density at radius 3 is 2.31 bits per heavy atom. The Morgan fingerprint density at radius 2 is 1.54 bits per heavy atom. The van der Waals surface area contributed by atoms with Crippen LogP contribution in [-0.4, -0.2) is 9.78 Å². The van der Waals surface area contributed by atoms with Crippen LogP contribution < -0.4 is 4.57 Å². The van der Waals surface area contributed by atoms with E-state index in [4.69, 9.17) is 5.10 Å². The van der Waals surface area contributed by atoms with Gasteiger partial charge in [-0.2, -0.15) is 9.67 Å². The molecule has 1 aliphatic heterocycles. The molecule has 0 amide bonds. The number of aromatic nitrogens is 3. The smallest absolute Gasteiger partial charge is 0.226 e. The van der Waals surface area contributed by atoms with Gasteiger partial charge in [-0.25, -0.2) is 4.68 Å². The van der Waals surface area contributed by atoms with E-state index in [0.717, 1.165) is 22.8 Å². The van der Waals surface area contributed by atoms with E-state index in [1.807, 2.05) is 12.1 Å². The summed E-state index contributed by atoms with van der Waals surface area (Å²) < 4.78 is 4.30. The first kappa shape index (κ1) is 14.8. The molecule has 5 rings (SSSR count). The topological polar surface area (TPSA) is 21.7 Å². The van der Waals surface area contributed by atoms with Crippen LogP contribution in [0.2, 0.25) is 0 Å². The average molecular weight is 336 g/mol. The third-order valence-electron chi connectivity index (χ3n) is 4.77. The SMILES string of the molecule is Cc1nn(-c2ccccc2)c2c1-[n+]1ccccc1/C2=C\c1ccccc1. The Bertz CT molecular complexity index is 1120. The molecule has 0 spiro atoms. The van der Waals surface area contributed by atoms with Gasteiger partial charge in [-0.3, -0.25) is 0 Å². The van der Waals surface area contributed by atoms with Crippen LogP contribution in [-0.2, 0) is 0 Å². The zero-order valence-electron chi connectivity index (χ0n) is 14.5. The van der Waals surface area contributed by atoms with E-state index in [9.17, 15) is 0 Å². The zero-order chi connectivity index (χ0) is 17.5. The van der Waals surface area contributed by atoms with Gasteiger partial charge in [0.1, 0.15) is 5.69 Å². The van der Waals surface area contributed by atoms with Gasteiger partial charge in [0.2, 0.25) is 5.69 Å². The van der Waals surface area contributed by atoms with Crippen LogP contribution in [0.3, 0.4) is 0 Å². The molecule has 0 saturated carbocycles. The fraction of sp³-hybridized carbons (Fsp3) is 0.0435. The fourth-order valence-electron chi connectivity index (χ4n) is 3.64. The highest BCUT2D eigenvalue weighted by Crippen LogP contribution is 2.36. The maximum atomic E-state index is 4.85. The minimum atomic E-state index is 1.03. The monoisotopic (exact) mass is 336 g/mol. The number of benzene rings is 2. The molecule has 0 fully saturated rings. The van der Waals surface area contributed by atoms with Crippen LogP contribution >= 0.6 is 0 Å². The van der Waals surface area contributed by atoms with E-state index >= 15 is 0 Å². The summed E-state index contributed by atoms with van der Waals surface area (Å²) in [5, 5.41) is 4.85. The summed E-state index contributed by atoms with van der Waals surface area (Å²) in [6.45, 7) is 2.08. The lowest BCUT2D eigenvalue weighted by molar-refractivity contribution is -0.594. The first-order valence-electron chi connectivity index (χ1n) is 8.76. The Labute approximate surface area is 152 Å². The maximum absolute atomic E-state index is 4.85. The van der Waals surface area contributed by atoms with Gasteiger partial charge in [0.25, 0.3) is 5.69 Å². The highest BCUT2D eigenvalue weighted by atomic mass is 15.3. The van der Waals surface area contributed by atoms with E-state index in [0.29, 0.717) is 0 Å². The van der Waals surface area contributed by atoms with Crippen molar-refractivity contribution in [1.29, 1.82) is 0 Å². The van der Waals surface area contributed by atoms with Crippen molar-refractivity contribution in [1.82, 2.24) is 9.78 Å². The van der Waals surface area contributed by atoms with Crippen molar-refractivity contribution in [3.8, 4) is 11.4 Å². The molecule has 4 aromatic rings. The van der Waals surface area contributed by atoms with Crippen LogP contribution in [0, 0.1) is 6.92 Å². The maximum Gasteiger partial charge on any atom is 0.261 e. The summed E-state index contributed by atoms with van der Waals surface area (Å²) >= 11 is 0. The molecule has 0 saturated heterocycles. The molecule has 3 nitrogen and oxygen atoms in total. The number of aryl methyl sites for hydroxylation is 1. The van der Waals surface area contributed by atoms with E-state index in [-0.39, 0.29) is 0 Å². The number of hydrogen-bond acceptors (Lipinski definition) is 1. The zero-order valence-corrected chi connectivity index (χ0v) is 14.5. The number of nitrogens with zero attached hydrogens (tertiary/aromatic N) is 3. The molecular weight excluding hydrogens is 318 g/mol. The quantitative estimate of drug-likeness (QED) is 0.439. The average Bonchev–Trinajstić information content (AvgIpc) is 3.20. The molecule has 26 heavy (non-hydrogen) atoms. The van der Waals surface area contributed by atoms with Crippen LogP contribution in [0.25, 0.3) is 23.0 Å². The number of hydrogen-bond donors (Lipinski definition) is 0. The second kappa shape index (κ2) is 5.81. The van der Waals surface area contributed by atoms with Crippen molar-refractivity contribution < 1.29 is 4.57 Å². The van der Waals surface area contributed by atoms with E-state index in [1.54, 1.807) is 0 Å². The molecule has 0 atom stereocenters. The molecule has 2 aromatic heterocycles. The van der Waals surface area contributed by atoms with Gasteiger partial charge in [0.15, 0.2) is 11.9 Å². The lowest BCUT2D eigenvalue weighted by Crippen LogP contribution is -2.31.